The normalized spacial score (nSPS) is 12.4. The van der Waals surface area contributed by atoms with E-state index in [1.165, 1.54) is 20.1 Å². The highest BCUT2D eigenvalue weighted by molar-refractivity contribution is 14.1. The zero-order valence-electron chi connectivity index (χ0n) is 15.3. The zero-order chi connectivity index (χ0) is 20.4. The van der Waals surface area contributed by atoms with E-state index in [1.54, 1.807) is 18.2 Å². The number of amides is 1. The van der Waals surface area contributed by atoms with Crippen molar-refractivity contribution in [3.05, 3.63) is 50.6 Å². The Morgan fingerprint density at radius 3 is 2.44 bits per heavy atom. The first-order chi connectivity index (χ1) is 12.5. The van der Waals surface area contributed by atoms with Crippen LogP contribution in [0.3, 0.4) is 0 Å². The first kappa shape index (κ1) is 21.8. The number of nitrogens with one attached hydrogen (secondary N) is 1. The standard InChI is InChI=1S/C18H20ClIN2O4S/c1-11-9-13(20)5-7-16(11)21-18(23)12(2)22(27(4,24)25)14-6-8-17(26-3)15(19)10-14/h5-10,12H,1-4H3,(H,21,23)/t12-/m0/s1. The Kier molecular flexibility index (Phi) is 6.98. The van der Waals surface area contributed by atoms with E-state index < -0.39 is 22.0 Å². The molecule has 1 amide bonds. The Hall–Kier alpha value is -1.52. The monoisotopic (exact) mass is 522 g/mol. The molecule has 0 saturated carbocycles. The molecule has 2 aromatic rings. The van der Waals surface area contributed by atoms with Crippen LogP contribution in [-0.2, 0) is 14.8 Å². The van der Waals surface area contributed by atoms with Gasteiger partial charge in [0.2, 0.25) is 15.9 Å². The van der Waals surface area contributed by atoms with Crippen molar-refractivity contribution in [3.8, 4) is 5.75 Å². The van der Waals surface area contributed by atoms with E-state index in [1.807, 2.05) is 19.1 Å². The minimum atomic E-state index is -3.74. The molecular formula is C18H20ClIN2O4S. The van der Waals surface area contributed by atoms with E-state index in [2.05, 4.69) is 27.9 Å². The number of methoxy groups -OCH3 is 1. The van der Waals surface area contributed by atoms with Gasteiger partial charge in [-0.2, -0.15) is 0 Å². The highest BCUT2D eigenvalue weighted by Gasteiger charge is 2.30. The fraction of sp³-hybridized carbons (Fsp3) is 0.278. The van der Waals surface area contributed by atoms with Gasteiger partial charge in [-0.3, -0.25) is 9.10 Å². The quantitative estimate of drug-likeness (QED) is 0.581. The van der Waals surface area contributed by atoms with Crippen LogP contribution in [0.1, 0.15) is 12.5 Å². The largest absolute Gasteiger partial charge is 0.495 e. The van der Waals surface area contributed by atoms with E-state index in [-0.39, 0.29) is 10.7 Å². The van der Waals surface area contributed by atoms with Crippen molar-refractivity contribution in [2.24, 2.45) is 0 Å². The van der Waals surface area contributed by atoms with Crippen LogP contribution in [0.5, 0.6) is 5.75 Å². The lowest BCUT2D eigenvalue weighted by molar-refractivity contribution is -0.116. The molecule has 2 rings (SSSR count). The van der Waals surface area contributed by atoms with Crippen molar-refractivity contribution in [1.82, 2.24) is 0 Å². The minimum Gasteiger partial charge on any atom is -0.495 e. The van der Waals surface area contributed by atoms with Crippen LogP contribution in [0, 0.1) is 10.5 Å². The summed E-state index contributed by atoms with van der Waals surface area (Å²) in [6, 6.07) is 9.17. The molecule has 2 aromatic carbocycles. The van der Waals surface area contributed by atoms with Gasteiger partial charge in [-0.05, 0) is 78.4 Å². The molecule has 0 aliphatic heterocycles. The Bertz CT molecular complexity index is 966. The lowest BCUT2D eigenvalue weighted by Crippen LogP contribution is -2.45. The Balaban J connectivity index is 2.36. The molecule has 9 heteroatoms. The fourth-order valence-electron chi connectivity index (χ4n) is 2.61. The predicted octanol–water partition coefficient (Wildman–Crippen LogP) is 4.05. The van der Waals surface area contributed by atoms with Crippen LogP contribution in [0.2, 0.25) is 5.02 Å². The number of carbonyl (C=O) groups is 1. The molecule has 0 aromatic heterocycles. The number of halogens is 2. The van der Waals surface area contributed by atoms with Crippen LogP contribution in [-0.4, -0.2) is 33.7 Å². The lowest BCUT2D eigenvalue weighted by Gasteiger charge is -2.28. The molecule has 0 heterocycles. The summed E-state index contributed by atoms with van der Waals surface area (Å²) >= 11 is 8.31. The van der Waals surface area contributed by atoms with Gasteiger partial charge in [0, 0.05) is 9.26 Å². The molecule has 0 radical (unpaired) electrons. The number of hydrogen-bond acceptors (Lipinski definition) is 4. The molecule has 0 aliphatic carbocycles. The molecule has 0 saturated heterocycles. The van der Waals surface area contributed by atoms with Crippen molar-refractivity contribution in [1.29, 1.82) is 0 Å². The smallest absolute Gasteiger partial charge is 0.248 e. The second-order valence-electron chi connectivity index (χ2n) is 6.00. The number of rotatable bonds is 6. The summed E-state index contributed by atoms with van der Waals surface area (Å²) in [6.45, 7) is 3.40. The third-order valence-electron chi connectivity index (χ3n) is 3.92. The van der Waals surface area contributed by atoms with Gasteiger partial charge >= 0.3 is 0 Å². The molecule has 0 aliphatic rings. The Labute approximate surface area is 178 Å². The van der Waals surface area contributed by atoms with Crippen LogP contribution < -0.4 is 14.4 Å². The molecule has 1 atom stereocenters. The maximum atomic E-state index is 12.7. The third-order valence-corrected chi connectivity index (χ3v) is 6.13. The van der Waals surface area contributed by atoms with Crippen molar-refractivity contribution in [3.63, 3.8) is 0 Å². The first-order valence-corrected chi connectivity index (χ1v) is 11.2. The van der Waals surface area contributed by atoms with Crippen molar-refractivity contribution >= 4 is 61.5 Å². The number of benzene rings is 2. The molecule has 0 unspecified atom stereocenters. The molecule has 0 bridgehead atoms. The van der Waals surface area contributed by atoms with Gasteiger partial charge in [0.15, 0.2) is 0 Å². The zero-order valence-corrected chi connectivity index (χ0v) is 19.0. The summed E-state index contributed by atoms with van der Waals surface area (Å²) in [6.07, 6.45) is 1.05. The first-order valence-electron chi connectivity index (χ1n) is 7.94. The lowest BCUT2D eigenvalue weighted by atomic mass is 10.2. The van der Waals surface area contributed by atoms with Gasteiger partial charge in [-0.25, -0.2) is 8.42 Å². The Morgan fingerprint density at radius 1 is 1.26 bits per heavy atom. The molecule has 6 nitrogen and oxygen atoms in total. The van der Waals surface area contributed by atoms with Crippen molar-refractivity contribution < 1.29 is 17.9 Å². The third kappa shape index (κ3) is 5.26. The molecule has 0 spiro atoms. The van der Waals surface area contributed by atoms with E-state index in [4.69, 9.17) is 16.3 Å². The van der Waals surface area contributed by atoms with Crippen molar-refractivity contribution in [2.75, 3.05) is 23.0 Å². The number of ether oxygens (including phenoxy) is 1. The van der Waals surface area contributed by atoms with Crippen LogP contribution in [0.4, 0.5) is 11.4 Å². The maximum absolute atomic E-state index is 12.7. The number of anilines is 2. The highest BCUT2D eigenvalue weighted by atomic mass is 127. The molecule has 0 fully saturated rings. The van der Waals surface area contributed by atoms with Crippen LogP contribution in [0.15, 0.2) is 36.4 Å². The molecule has 27 heavy (non-hydrogen) atoms. The summed E-state index contributed by atoms with van der Waals surface area (Å²) in [7, 11) is -2.27. The molecule has 146 valence electrons. The minimum absolute atomic E-state index is 0.254. The number of sulfonamides is 1. The van der Waals surface area contributed by atoms with E-state index >= 15 is 0 Å². The topological polar surface area (TPSA) is 75.7 Å². The van der Waals surface area contributed by atoms with Crippen molar-refractivity contribution in [2.45, 2.75) is 19.9 Å². The predicted molar refractivity (Wildman–Crippen MR) is 117 cm³/mol. The summed E-state index contributed by atoms with van der Waals surface area (Å²) in [5.41, 5.74) is 1.81. The average molecular weight is 523 g/mol. The molecule has 1 N–H and O–H groups in total. The van der Waals surface area contributed by atoms with Gasteiger partial charge in [0.1, 0.15) is 11.8 Å². The number of nitrogens with zero attached hydrogens (tertiary/aromatic N) is 1. The fourth-order valence-corrected chi connectivity index (χ4v) is 4.67. The molecular weight excluding hydrogens is 503 g/mol. The van der Waals surface area contributed by atoms with Crippen LogP contribution >= 0.6 is 34.2 Å². The number of aryl methyl sites for hydroxylation is 1. The SMILES string of the molecule is COc1ccc(N([C@@H](C)C(=O)Nc2ccc(I)cc2C)S(C)(=O)=O)cc1Cl. The second-order valence-corrected chi connectivity index (χ2v) is 9.51. The summed E-state index contributed by atoms with van der Waals surface area (Å²) in [5.74, 6) is -0.0304. The van der Waals surface area contributed by atoms with E-state index in [9.17, 15) is 13.2 Å². The van der Waals surface area contributed by atoms with Gasteiger partial charge in [-0.15, -0.1) is 0 Å². The average Bonchev–Trinajstić information content (AvgIpc) is 2.56. The van der Waals surface area contributed by atoms with Crippen LogP contribution in [0.25, 0.3) is 0 Å². The van der Waals surface area contributed by atoms with Gasteiger partial charge in [0.25, 0.3) is 0 Å². The Morgan fingerprint density at radius 2 is 1.93 bits per heavy atom. The highest BCUT2D eigenvalue weighted by Crippen LogP contribution is 2.31. The van der Waals surface area contributed by atoms with E-state index in [0.29, 0.717) is 11.4 Å². The summed E-state index contributed by atoms with van der Waals surface area (Å²) < 4.78 is 31.9. The van der Waals surface area contributed by atoms with Gasteiger partial charge < -0.3 is 10.1 Å². The number of hydrogen-bond donors (Lipinski definition) is 1. The summed E-state index contributed by atoms with van der Waals surface area (Å²) in [5, 5.41) is 3.05. The van der Waals surface area contributed by atoms with Gasteiger partial charge in [-0.1, -0.05) is 11.6 Å². The van der Waals surface area contributed by atoms with Gasteiger partial charge in [0.05, 0.1) is 24.1 Å². The van der Waals surface area contributed by atoms with E-state index in [0.717, 1.165) is 19.7 Å². The maximum Gasteiger partial charge on any atom is 0.248 e. The number of carbonyl (C=O) groups excluding carboxylic acids is 1. The second kappa shape index (κ2) is 8.66. The summed E-state index contributed by atoms with van der Waals surface area (Å²) in [4.78, 5) is 12.7.